The van der Waals surface area contributed by atoms with Crippen LogP contribution in [0, 0.1) is 0 Å². The zero-order chi connectivity index (χ0) is 17.0. The molecule has 0 radical (unpaired) electrons. The number of nitrogens with one attached hydrogen (secondary N) is 1. The van der Waals surface area contributed by atoms with Gasteiger partial charge in [0.15, 0.2) is 0 Å². The summed E-state index contributed by atoms with van der Waals surface area (Å²) >= 11 is 0. The van der Waals surface area contributed by atoms with Crippen molar-refractivity contribution in [1.29, 1.82) is 0 Å². The minimum absolute atomic E-state index is 0.157. The lowest BCUT2D eigenvalue weighted by atomic mass is 10.1. The van der Waals surface area contributed by atoms with Gasteiger partial charge in [0.2, 0.25) is 15.9 Å². The van der Waals surface area contributed by atoms with Crippen molar-refractivity contribution in [1.82, 2.24) is 9.62 Å². The molecule has 2 amide bonds. The van der Waals surface area contributed by atoms with Gasteiger partial charge in [0.1, 0.15) is 6.04 Å². The normalized spacial score (nSPS) is 18.2. The molecule has 1 aromatic carbocycles. The number of sulfonamides is 1. The summed E-state index contributed by atoms with van der Waals surface area (Å²) in [6.45, 7) is 3.48. The van der Waals surface area contributed by atoms with Crippen LogP contribution in [0.15, 0.2) is 30.3 Å². The summed E-state index contributed by atoms with van der Waals surface area (Å²) in [5, 5.41) is -0.693. The highest BCUT2D eigenvalue weighted by Gasteiger charge is 2.35. The van der Waals surface area contributed by atoms with Gasteiger partial charge in [0.05, 0.1) is 11.7 Å². The number of hydrogen-bond acceptors (Lipinski definition) is 4. The first-order valence-corrected chi connectivity index (χ1v) is 9.25. The third kappa shape index (κ3) is 4.31. The zero-order valence-corrected chi connectivity index (χ0v) is 14.2. The van der Waals surface area contributed by atoms with Crippen molar-refractivity contribution in [2.75, 3.05) is 6.54 Å². The van der Waals surface area contributed by atoms with E-state index in [1.165, 1.54) is 18.7 Å². The van der Waals surface area contributed by atoms with Crippen LogP contribution in [0.4, 0.5) is 0 Å². The number of likely N-dealkylation sites (tertiary alicyclic amines) is 1. The van der Waals surface area contributed by atoms with Crippen LogP contribution in [0.2, 0.25) is 0 Å². The molecule has 1 aromatic rings. The minimum atomic E-state index is -3.68. The lowest BCUT2D eigenvalue weighted by Crippen LogP contribution is -2.49. The van der Waals surface area contributed by atoms with Gasteiger partial charge in [0.25, 0.3) is 5.91 Å². The molecule has 1 aliphatic heterocycles. The van der Waals surface area contributed by atoms with E-state index in [1.54, 1.807) is 0 Å². The lowest BCUT2D eigenvalue weighted by molar-refractivity contribution is -0.137. The van der Waals surface area contributed by atoms with Crippen LogP contribution in [0.3, 0.4) is 0 Å². The minimum Gasteiger partial charge on any atom is -0.330 e. The second kappa shape index (κ2) is 7.12. The maximum absolute atomic E-state index is 12.4. The maximum Gasteiger partial charge on any atom is 0.256 e. The van der Waals surface area contributed by atoms with Crippen molar-refractivity contribution >= 4 is 21.8 Å². The number of rotatable bonds is 5. The molecule has 0 saturated carbocycles. The monoisotopic (exact) mass is 338 g/mol. The summed E-state index contributed by atoms with van der Waals surface area (Å²) < 4.78 is 25.7. The smallest absolute Gasteiger partial charge is 0.256 e. The van der Waals surface area contributed by atoms with Crippen molar-refractivity contribution in [3.63, 3.8) is 0 Å². The van der Waals surface area contributed by atoms with E-state index in [1.807, 2.05) is 30.3 Å². The average molecular weight is 338 g/mol. The van der Waals surface area contributed by atoms with E-state index in [4.69, 9.17) is 0 Å². The first-order valence-electron chi connectivity index (χ1n) is 7.70. The molecular formula is C16H22N2O4S. The van der Waals surface area contributed by atoms with E-state index in [0.717, 1.165) is 5.56 Å². The van der Waals surface area contributed by atoms with E-state index in [-0.39, 0.29) is 12.3 Å². The van der Waals surface area contributed by atoms with E-state index >= 15 is 0 Å². The number of amides is 2. The highest BCUT2D eigenvalue weighted by molar-refractivity contribution is 7.90. The zero-order valence-electron chi connectivity index (χ0n) is 13.4. The number of hydrogen-bond donors (Lipinski definition) is 1. The van der Waals surface area contributed by atoms with Crippen LogP contribution in [0.25, 0.3) is 0 Å². The third-order valence-corrected chi connectivity index (χ3v) is 5.66. The summed E-state index contributed by atoms with van der Waals surface area (Å²) in [4.78, 5) is 26.2. The van der Waals surface area contributed by atoms with Crippen LogP contribution < -0.4 is 4.72 Å². The Morgan fingerprint density at radius 1 is 1.26 bits per heavy atom. The SMILES string of the molecule is CC(C)S(=O)(=O)NC(=O)[C@@H]1CCCN1C(=O)Cc1ccccc1. The molecule has 6 nitrogen and oxygen atoms in total. The van der Waals surface area contributed by atoms with Gasteiger partial charge in [-0.15, -0.1) is 0 Å². The Morgan fingerprint density at radius 2 is 1.91 bits per heavy atom. The van der Waals surface area contributed by atoms with Crippen molar-refractivity contribution in [2.24, 2.45) is 0 Å². The fraction of sp³-hybridized carbons (Fsp3) is 0.500. The summed E-state index contributed by atoms with van der Waals surface area (Å²) in [7, 11) is -3.68. The highest BCUT2D eigenvalue weighted by Crippen LogP contribution is 2.19. The Labute approximate surface area is 136 Å². The quantitative estimate of drug-likeness (QED) is 0.870. The second-order valence-electron chi connectivity index (χ2n) is 5.97. The molecule has 0 spiro atoms. The Kier molecular flexibility index (Phi) is 5.41. The molecule has 1 heterocycles. The van der Waals surface area contributed by atoms with Crippen molar-refractivity contribution in [3.05, 3.63) is 35.9 Å². The molecule has 0 unspecified atom stereocenters. The Balaban J connectivity index is 2.05. The molecule has 1 saturated heterocycles. The van der Waals surface area contributed by atoms with Gasteiger partial charge >= 0.3 is 0 Å². The maximum atomic E-state index is 12.4. The molecule has 2 rings (SSSR count). The molecule has 1 atom stereocenters. The lowest BCUT2D eigenvalue weighted by Gasteiger charge is -2.24. The van der Waals surface area contributed by atoms with Crippen molar-refractivity contribution in [2.45, 2.75) is 44.4 Å². The first kappa shape index (κ1) is 17.5. The fourth-order valence-electron chi connectivity index (χ4n) is 2.54. The van der Waals surface area contributed by atoms with E-state index in [2.05, 4.69) is 4.72 Å². The molecule has 0 aliphatic carbocycles. The number of carbonyl (C=O) groups excluding carboxylic acids is 2. The molecule has 7 heteroatoms. The van der Waals surface area contributed by atoms with Crippen LogP contribution in [0.1, 0.15) is 32.3 Å². The second-order valence-corrected chi connectivity index (χ2v) is 8.20. The topological polar surface area (TPSA) is 83.6 Å². The summed E-state index contributed by atoms with van der Waals surface area (Å²) in [5.41, 5.74) is 0.873. The molecule has 1 fully saturated rings. The van der Waals surface area contributed by atoms with Crippen LogP contribution in [-0.4, -0.2) is 43.0 Å². The molecule has 23 heavy (non-hydrogen) atoms. The molecule has 126 valence electrons. The Hall–Kier alpha value is -1.89. The third-order valence-electron chi connectivity index (χ3n) is 3.94. The molecule has 1 aliphatic rings. The molecule has 0 aromatic heterocycles. The van der Waals surface area contributed by atoms with E-state index in [0.29, 0.717) is 19.4 Å². The van der Waals surface area contributed by atoms with Crippen molar-refractivity contribution in [3.8, 4) is 0 Å². The largest absolute Gasteiger partial charge is 0.330 e. The number of nitrogens with zero attached hydrogens (tertiary/aromatic N) is 1. The predicted molar refractivity (Wildman–Crippen MR) is 87.1 cm³/mol. The summed E-state index contributed by atoms with van der Waals surface area (Å²) in [6.07, 6.45) is 1.39. The molecule has 0 bridgehead atoms. The van der Waals surface area contributed by atoms with Crippen LogP contribution in [-0.2, 0) is 26.0 Å². The first-order chi connectivity index (χ1) is 10.8. The van der Waals surface area contributed by atoms with Gasteiger partial charge in [-0.25, -0.2) is 8.42 Å². The van der Waals surface area contributed by atoms with Crippen LogP contribution in [0.5, 0.6) is 0 Å². The average Bonchev–Trinajstić information content (AvgIpc) is 2.97. The van der Waals surface area contributed by atoms with E-state index < -0.39 is 27.2 Å². The predicted octanol–water partition coefficient (Wildman–Crippen LogP) is 1.07. The van der Waals surface area contributed by atoms with Gasteiger partial charge in [-0.2, -0.15) is 0 Å². The Bertz CT molecular complexity index is 671. The van der Waals surface area contributed by atoms with Gasteiger partial charge in [-0.1, -0.05) is 30.3 Å². The fourth-order valence-corrected chi connectivity index (χ4v) is 3.19. The van der Waals surface area contributed by atoms with Gasteiger partial charge in [0, 0.05) is 6.54 Å². The van der Waals surface area contributed by atoms with Gasteiger partial charge < -0.3 is 4.90 Å². The molecule has 1 N–H and O–H groups in total. The standard InChI is InChI=1S/C16H22N2O4S/c1-12(2)23(21,22)17-16(20)14-9-6-10-18(14)15(19)11-13-7-4-3-5-8-13/h3-5,7-8,12,14H,6,9-11H2,1-2H3,(H,17,20)/t14-/m0/s1. The Morgan fingerprint density at radius 3 is 2.52 bits per heavy atom. The summed E-state index contributed by atoms with van der Waals surface area (Å²) in [6, 6.07) is 8.58. The molecular weight excluding hydrogens is 316 g/mol. The highest BCUT2D eigenvalue weighted by atomic mass is 32.2. The van der Waals surface area contributed by atoms with E-state index in [9.17, 15) is 18.0 Å². The number of carbonyl (C=O) groups is 2. The number of benzene rings is 1. The van der Waals surface area contributed by atoms with Gasteiger partial charge in [-0.05, 0) is 32.3 Å². The van der Waals surface area contributed by atoms with Crippen LogP contribution >= 0.6 is 0 Å². The van der Waals surface area contributed by atoms with Crippen molar-refractivity contribution < 1.29 is 18.0 Å². The van der Waals surface area contributed by atoms with Gasteiger partial charge in [-0.3, -0.25) is 14.3 Å². The summed E-state index contributed by atoms with van der Waals surface area (Å²) in [5.74, 6) is -0.770.